The van der Waals surface area contributed by atoms with E-state index < -0.39 is 17.4 Å². The van der Waals surface area contributed by atoms with Crippen LogP contribution in [0.2, 0.25) is 0 Å². The summed E-state index contributed by atoms with van der Waals surface area (Å²) in [5, 5.41) is 2.67. The van der Waals surface area contributed by atoms with Crippen LogP contribution >= 0.6 is 0 Å². The number of benzene rings is 1. The Balaban J connectivity index is 2.28. The number of nitrogens with zero attached hydrogens (tertiary/aromatic N) is 2. The highest BCUT2D eigenvalue weighted by Crippen LogP contribution is 2.20. The quantitative estimate of drug-likeness (QED) is 0.853. The van der Waals surface area contributed by atoms with Crippen molar-refractivity contribution in [3.63, 3.8) is 0 Å². The Bertz CT molecular complexity index is 754. The van der Waals surface area contributed by atoms with E-state index in [1.54, 1.807) is 13.0 Å². The van der Waals surface area contributed by atoms with Crippen molar-refractivity contribution in [2.75, 3.05) is 6.54 Å². The van der Waals surface area contributed by atoms with E-state index in [0.717, 1.165) is 6.42 Å². The summed E-state index contributed by atoms with van der Waals surface area (Å²) in [5.74, 6) is -0.390. The highest BCUT2D eigenvalue weighted by atomic mass is 19.1. The number of halogens is 1. The van der Waals surface area contributed by atoms with Crippen molar-refractivity contribution in [2.24, 2.45) is 0 Å². The number of fused-ring (bicyclic) bond motifs is 1. The Morgan fingerprint density at radius 1 is 1.40 bits per heavy atom. The fourth-order valence-electron chi connectivity index (χ4n) is 2.68. The number of hydrogen-bond donors (Lipinski definition) is 1. The van der Waals surface area contributed by atoms with Crippen molar-refractivity contribution in [3.8, 4) is 0 Å². The third kappa shape index (κ3) is 1.88. The Kier molecular flexibility index (Phi) is 3.00. The van der Waals surface area contributed by atoms with E-state index in [4.69, 9.17) is 0 Å². The zero-order chi connectivity index (χ0) is 14.3. The van der Waals surface area contributed by atoms with Crippen LogP contribution in [0, 0.1) is 12.7 Å². The normalized spacial score (nSPS) is 19.1. The first-order valence-electron chi connectivity index (χ1n) is 6.54. The molecule has 0 aliphatic carbocycles. The number of rotatable bonds is 1. The van der Waals surface area contributed by atoms with Crippen molar-refractivity contribution in [1.29, 1.82) is 0 Å². The zero-order valence-corrected chi connectivity index (χ0v) is 11.0. The summed E-state index contributed by atoms with van der Waals surface area (Å²) < 4.78 is 15.2. The molecule has 0 spiro atoms. The van der Waals surface area contributed by atoms with Gasteiger partial charge < -0.3 is 5.32 Å². The Labute approximate surface area is 114 Å². The molecule has 5 nitrogen and oxygen atoms in total. The topological polar surface area (TPSA) is 64.0 Å². The summed E-state index contributed by atoms with van der Waals surface area (Å²) in [6, 6.07) is 3.73. The van der Waals surface area contributed by atoms with E-state index in [1.165, 1.54) is 16.7 Å². The molecule has 1 atom stereocenters. The summed E-state index contributed by atoms with van der Waals surface area (Å²) in [5.41, 5.74) is -0.174. The van der Waals surface area contributed by atoms with E-state index in [0.29, 0.717) is 24.3 Å². The third-order valence-electron chi connectivity index (χ3n) is 3.62. The molecule has 2 aromatic rings. The number of hydrogen-bond acceptors (Lipinski definition) is 3. The number of amides is 1. The minimum absolute atomic E-state index is 0.0588. The monoisotopic (exact) mass is 275 g/mol. The molecule has 1 amide bonds. The molecule has 2 heterocycles. The van der Waals surface area contributed by atoms with Gasteiger partial charge in [-0.1, -0.05) is 6.07 Å². The molecule has 3 rings (SSSR count). The lowest BCUT2D eigenvalue weighted by Crippen LogP contribution is -2.42. The van der Waals surface area contributed by atoms with E-state index in [-0.39, 0.29) is 11.3 Å². The number of aromatic nitrogens is 2. The van der Waals surface area contributed by atoms with Gasteiger partial charge in [0.15, 0.2) is 0 Å². The molecule has 1 fully saturated rings. The molecule has 6 heteroatoms. The van der Waals surface area contributed by atoms with Crippen LogP contribution in [0.1, 0.15) is 24.7 Å². The van der Waals surface area contributed by atoms with Crippen LogP contribution in [0.5, 0.6) is 0 Å². The predicted octanol–water partition coefficient (Wildman–Crippen LogP) is 1.30. The first-order valence-corrected chi connectivity index (χ1v) is 6.54. The van der Waals surface area contributed by atoms with Crippen LogP contribution < -0.4 is 10.9 Å². The summed E-state index contributed by atoms with van der Waals surface area (Å²) >= 11 is 0. The lowest BCUT2D eigenvalue weighted by molar-refractivity contribution is -0.126. The minimum atomic E-state index is -0.607. The summed E-state index contributed by atoms with van der Waals surface area (Å²) in [6.45, 7) is 2.27. The zero-order valence-electron chi connectivity index (χ0n) is 11.0. The van der Waals surface area contributed by atoms with Crippen LogP contribution in [-0.4, -0.2) is 22.0 Å². The smallest absolute Gasteiger partial charge is 0.265 e. The third-order valence-corrected chi connectivity index (χ3v) is 3.62. The molecule has 1 N–H and O–H groups in total. The van der Waals surface area contributed by atoms with Crippen molar-refractivity contribution < 1.29 is 9.18 Å². The molecular weight excluding hydrogens is 261 g/mol. The maximum atomic E-state index is 13.9. The largest absolute Gasteiger partial charge is 0.354 e. The van der Waals surface area contributed by atoms with E-state index in [2.05, 4.69) is 10.3 Å². The first-order chi connectivity index (χ1) is 9.59. The highest BCUT2D eigenvalue weighted by molar-refractivity contribution is 5.82. The molecule has 1 aliphatic rings. The molecule has 0 saturated carbocycles. The van der Waals surface area contributed by atoms with Gasteiger partial charge in [-0.3, -0.25) is 14.2 Å². The number of piperidine rings is 1. The van der Waals surface area contributed by atoms with Crippen LogP contribution in [0.3, 0.4) is 0 Å². The van der Waals surface area contributed by atoms with Gasteiger partial charge >= 0.3 is 0 Å². The fourth-order valence-corrected chi connectivity index (χ4v) is 2.68. The Hall–Kier alpha value is -2.24. The van der Waals surface area contributed by atoms with Gasteiger partial charge in [-0.2, -0.15) is 0 Å². The van der Waals surface area contributed by atoms with E-state index >= 15 is 0 Å². The van der Waals surface area contributed by atoms with E-state index in [9.17, 15) is 14.0 Å². The molecule has 1 unspecified atom stereocenters. The average molecular weight is 275 g/mol. The minimum Gasteiger partial charge on any atom is -0.354 e. The van der Waals surface area contributed by atoms with Crippen molar-refractivity contribution in [2.45, 2.75) is 25.8 Å². The lowest BCUT2D eigenvalue weighted by atomic mass is 10.1. The maximum Gasteiger partial charge on any atom is 0.265 e. The number of carbonyl (C=O) groups excluding carboxylic acids is 1. The van der Waals surface area contributed by atoms with Gasteiger partial charge in [0.1, 0.15) is 23.1 Å². The van der Waals surface area contributed by atoms with Gasteiger partial charge in [-0.15, -0.1) is 0 Å². The summed E-state index contributed by atoms with van der Waals surface area (Å²) in [4.78, 5) is 28.7. The second-order valence-electron chi connectivity index (χ2n) is 4.92. The molecule has 0 radical (unpaired) electrons. The second-order valence-corrected chi connectivity index (χ2v) is 4.92. The number of carbonyl (C=O) groups is 1. The summed E-state index contributed by atoms with van der Waals surface area (Å²) in [7, 11) is 0. The van der Waals surface area contributed by atoms with Gasteiger partial charge in [-0.25, -0.2) is 9.37 Å². The van der Waals surface area contributed by atoms with Gasteiger partial charge in [0.25, 0.3) is 5.56 Å². The summed E-state index contributed by atoms with van der Waals surface area (Å²) in [6.07, 6.45) is 1.35. The van der Waals surface area contributed by atoms with Gasteiger partial charge in [-0.05, 0) is 31.9 Å². The Morgan fingerprint density at radius 2 is 2.20 bits per heavy atom. The Morgan fingerprint density at radius 3 is 2.95 bits per heavy atom. The van der Waals surface area contributed by atoms with Gasteiger partial charge in [0.05, 0.1) is 5.52 Å². The molecule has 0 bridgehead atoms. The average Bonchev–Trinajstić information content (AvgIpc) is 2.40. The van der Waals surface area contributed by atoms with Crippen LogP contribution in [0.25, 0.3) is 10.9 Å². The van der Waals surface area contributed by atoms with Gasteiger partial charge in [0.2, 0.25) is 5.91 Å². The fraction of sp³-hybridized carbons (Fsp3) is 0.357. The predicted molar refractivity (Wildman–Crippen MR) is 72.0 cm³/mol. The molecule has 20 heavy (non-hydrogen) atoms. The molecule has 104 valence electrons. The standard InChI is InChI=1S/C14H14FN3O2/c1-8-17-10-5-2-4-9(15)12(10)14(20)18(8)11-6-3-7-16-13(11)19/h2,4-5,11H,3,6-7H2,1H3,(H,16,19). The molecule has 1 aliphatic heterocycles. The maximum absolute atomic E-state index is 13.9. The molecule has 1 aromatic carbocycles. The first kappa shape index (κ1) is 12.8. The second kappa shape index (κ2) is 4.70. The molecule has 1 saturated heterocycles. The number of aryl methyl sites for hydroxylation is 1. The van der Waals surface area contributed by atoms with Crippen LogP contribution in [-0.2, 0) is 4.79 Å². The van der Waals surface area contributed by atoms with Crippen LogP contribution in [0.4, 0.5) is 4.39 Å². The molecule has 1 aromatic heterocycles. The lowest BCUT2D eigenvalue weighted by Gasteiger charge is -2.25. The number of nitrogens with one attached hydrogen (secondary N) is 1. The highest BCUT2D eigenvalue weighted by Gasteiger charge is 2.27. The molecular formula is C14H14FN3O2. The van der Waals surface area contributed by atoms with Crippen molar-refractivity contribution in [1.82, 2.24) is 14.9 Å². The van der Waals surface area contributed by atoms with E-state index in [1.807, 2.05) is 0 Å². The van der Waals surface area contributed by atoms with Crippen molar-refractivity contribution >= 4 is 16.8 Å². The van der Waals surface area contributed by atoms with Crippen molar-refractivity contribution in [3.05, 3.63) is 40.2 Å². The van der Waals surface area contributed by atoms with Gasteiger partial charge in [0, 0.05) is 6.54 Å². The SMILES string of the molecule is Cc1nc2cccc(F)c2c(=O)n1C1CCCNC1=O. The van der Waals surface area contributed by atoms with Crippen LogP contribution in [0.15, 0.2) is 23.0 Å².